The number of rotatable bonds is 3. The molecule has 1 aromatic carbocycles. The third kappa shape index (κ3) is 3.34. The highest BCUT2D eigenvalue weighted by molar-refractivity contribution is 6.31. The molecule has 0 spiro atoms. The van der Waals surface area contributed by atoms with Gasteiger partial charge in [-0.1, -0.05) is 11.6 Å². The maximum Gasteiger partial charge on any atom is 0.141 e. The normalized spacial score (nSPS) is 24.3. The monoisotopic (exact) mass is 270 g/mol. The summed E-state index contributed by atoms with van der Waals surface area (Å²) in [6, 6.07) is 5.10. The van der Waals surface area contributed by atoms with Gasteiger partial charge in [0.25, 0.3) is 0 Å². The van der Waals surface area contributed by atoms with Crippen LogP contribution in [-0.2, 0) is 0 Å². The summed E-state index contributed by atoms with van der Waals surface area (Å²) in [7, 11) is 4.07. The van der Waals surface area contributed by atoms with E-state index < -0.39 is 0 Å². The first-order valence-corrected chi connectivity index (χ1v) is 6.48. The van der Waals surface area contributed by atoms with E-state index in [1.165, 1.54) is 6.07 Å². The third-order valence-electron chi connectivity index (χ3n) is 3.20. The molecule has 5 heteroatoms. The van der Waals surface area contributed by atoms with Crippen molar-refractivity contribution in [3.63, 3.8) is 0 Å². The van der Waals surface area contributed by atoms with E-state index in [2.05, 4.69) is 15.5 Å². The Labute approximate surface area is 112 Å². The first-order chi connectivity index (χ1) is 8.56. The maximum absolute atomic E-state index is 13.1. The van der Waals surface area contributed by atoms with Crippen molar-refractivity contribution >= 4 is 17.3 Å². The Kier molecular flexibility index (Phi) is 4.43. The fourth-order valence-electron chi connectivity index (χ4n) is 2.15. The number of nitrogens with one attached hydrogen (secondary N) is 1. The molecule has 0 amide bonds. The minimum atomic E-state index is -0.382. The third-order valence-corrected chi connectivity index (χ3v) is 3.49. The van der Waals surface area contributed by atoms with Crippen LogP contribution in [0.2, 0.25) is 5.02 Å². The molecule has 1 aliphatic rings. The summed E-state index contributed by atoms with van der Waals surface area (Å²) in [6.45, 7) is 0.857. The lowest BCUT2D eigenvalue weighted by atomic mass is 10.0. The van der Waals surface area contributed by atoms with Gasteiger partial charge in [-0.3, -0.25) is 4.90 Å². The molecule has 2 rings (SSSR count). The van der Waals surface area contributed by atoms with Crippen LogP contribution in [-0.4, -0.2) is 37.7 Å². The van der Waals surface area contributed by atoms with Gasteiger partial charge in [0.1, 0.15) is 5.82 Å². The second kappa shape index (κ2) is 5.87. The van der Waals surface area contributed by atoms with Crippen LogP contribution in [0.4, 0.5) is 10.1 Å². The average Bonchev–Trinajstić information content (AvgIpc) is 2.34. The van der Waals surface area contributed by atoms with Crippen LogP contribution in [0.25, 0.3) is 0 Å². The quantitative estimate of drug-likeness (QED) is 0.915. The molecule has 1 saturated heterocycles. The van der Waals surface area contributed by atoms with Gasteiger partial charge in [-0.15, -0.1) is 0 Å². The van der Waals surface area contributed by atoms with Crippen molar-refractivity contribution in [1.82, 2.24) is 10.2 Å². The van der Waals surface area contributed by atoms with Gasteiger partial charge >= 0.3 is 0 Å². The van der Waals surface area contributed by atoms with Crippen molar-refractivity contribution in [2.45, 2.75) is 25.0 Å². The Morgan fingerprint density at radius 2 is 2.22 bits per heavy atom. The number of piperidine rings is 1. The van der Waals surface area contributed by atoms with Crippen molar-refractivity contribution in [2.75, 3.05) is 26.0 Å². The van der Waals surface area contributed by atoms with Gasteiger partial charge in [-0.05, 0) is 45.1 Å². The highest BCUT2D eigenvalue weighted by Gasteiger charge is 2.23. The predicted molar refractivity (Wildman–Crippen MR) is 72.5 cm³/mol. The molecule has 18 heavy (non-hydrogen) atoms. The highest BCUT2D eigenvalue weighted by Crippen LogP contribution is 2.22. The lowest BCUT2D eigenvalue weighted by Crippen LogP contribution is -2.46. The van der Waals surface area contributed by atoms with Gasteiger partial charge in [0.2, 0.25) is 0 Å². The van der Waals surface area contributed by atoms with Gasteiger partial charge in [-0.25, -0.2) is 9.71 Å². The smallest absolute Gasteiger partial charge is 0.141 e. The molecule has 1 fully saturated rings. The fraction of sp³-hybridized carbons (Fsp3) is 0.538. The number of benzene rings is 1. The zero-order valence-corrected chi connectivity index (χ0v) is 11.4. The molecule has 1 aromatic rings. The molecular weight excluding hydrogens is 253 g/mol. The van der Waals surface area contributed by atoms with Crippen LogP contribution in [0.1, 0.15) is 12.8 Å². The largest absolute Gasteiger partial charge is 0.382 e. The molecule has 3 nitrogen and oxygen atoms in total. The van der Waals surface area contributed by atoms with Crippen molar-refractivity contribution in [1.29, 1.82) is 0 Å². The van der Waals surface area contributed by atoms with Crippen LogP contribution < -0.4 is 10.6 Å². The Morgan fingerprint density at radius 3 is 2.89 bits per heavy atom. The molecule has 0 aromatic heterocycles. The summed E-state index contributed by atoms with van der Waals surface area (Å²) in [5.74, 6) is -0.382. The molecule has 2 unspecified atom stereocenters. The summed E-state index contributed by atoms with van der Waals surface area (Å²) < 4.78 is 13.1. The number of hydrogen-bond donors (Lipinski definition) is 1. The van der Waals surface area contributed by atoms with Crippen molar-refractivity contribution in [3.05, 3.63) is 29.0 Å². The number of anilines is 1. The minimum absolute atomic E-state index is 0.157. The SMILES string of the molecule is CN(C)C1CC(Nc2ccc(F)c(Cl)c2)CC[N]1. The van der Waals surface area contributed by atoms with E-state index in [9.17, 15) is 4.39 Å². The van der Waals surface area contributed by atoms with Gasteiger partial charge in [0, 0.05) is 18.3 Å². The van der Waals surface area contributed by atoms with Gasteiger partial charge in [0.05, 0.1) is 11.2 Å². The first-order valence-electron chi connectivity index (χ1n) is 6.11. The maximum atomic E-state index is 13.1. The van der Waals surface area contributed by atoms with E-state index in [0.717, 1.165) is 25.1 Å². The van der Waals surface area contributed by atoms with Crippen molar-refractivity contribution < 1.29 is 4.39 Å². The Balaban J connectivity index is 1.98. The second-order valence-corrected chi connectivity index (χ2v) is 5.25. The van der Waals surface area contributed by atoms with Gasteiger partial charge in [-0.2, -0.15) is 0 Å². The molecule has 1 radical (unpaired) electrons. The van der Waals surface area contributed by atoms with E-state index in [1.54, 1.807) is 12.1 Å². The molecule has 1 N–H and O–H groups in total. The number of hydrogen-bond acceptors (Lipinski definition) is 2. The van der Waals surface area contributed by atoms with E-state index >= 15 is 0 Å². The molecule has 0 aliphatic carbocycles. The Morgan fingerprint density at radius 1 is 1.44 bits per heavy atom. The van der Waals surface area contributed by atoms with Gasteiger partial charge < -0.3 is 5.32 Å². The van der Waals surface area contributed by atoms with Crippen LogP contribution in [0.15, 0.2) is 18.2 Å². The summed E-state index contributed by atoms with van der Waals surface area (Å²) in [5, 5.41) is 8.11. The van der Waals surface area contributed by atoms with Crippen LogP contribution in [0.5, 0.6) is 0 Å². The molecular formula is C13H18ClFN3. The summed E-state index contributed by atoms with van der Waals surface area (Å²) in [4.78, 5) is 2.12. The van der Waals surface area contributed by atoms with E-state index in [1.807, 2.05) is 14.1 Å². The molecule has 1 heterocycles. The van der Waals surface area contributed by atoms with E-state index in [-0.39, 0.29) is 17.0 Å². The number of nitrogens with zero attached hydrogens (tertiary/aromatic N) is 2. The van der Waals surface area contributed by atoms with Crippen LogP contribution >= 0.6 is 11.6 Å². The first kappa shape index (κ1) is 13.6. The van der Waals surface area contributed by atoms with E-state index in [4.69, 9.17) is 11.6 Å². The molecule has 0 saturated carbocycles. The van der Waals surface area contributed by atoms with Crippen molar-refractivity contribution in [2.24, 2.45) is 0 Å². The van der Waals surface area contributed by atoms with Crippen molar-refractivity contribution in [3.8, 4) is 0 Å². The molecule has 0 bridgehead atoms. The second-order valence-electron chi connectivity index (χ2n) is 4.84. The van der Waals surface area contributed by atoms with Crippen LogP contribution in [0.3, 0.4) is 0 Å². The van der Waals surface area contributed by atoms with Gasteiger partial charge in [0.15, 0.2) is 0 Å². The minimum Gasteiger partial charge on any atom is -0.382 e. The summed E-state index contributed by atoms with van der Waals surface area (Å²) >= 11 is 5.77. The Hall–Kier alpha value is -0.840. The predicted octanol–water partition coefficient (Wildman–Crippen LogP) is 2.55. The van der Waals surface area contributed by atoms with E-state index in [0.29, 0.717) is 6.04 Å². The lowest BCUT2D eigenvalue weighted by molar-refractivity contribution is 0.191. The topological polar surface area (TPSA) is 29.4 Å². The average molecular weight is 271 g/mol. The van der Waals surface area contributed by atoms with Crippen LogP contribution in [0, 0.1) is 5.82 Å². The molecule has 99 valence electrons. The summed E-state index contributed by atoms with van der Waals surface area (Å²) in [5.41, 5.74) is 0.866. The molecule has 2 atom stereocenters. The molecule has 1 aliphatic heterocycles. The standard InChI is InChI=1S/C13H18ClFN3/c1-18(2)13-8-10(5-6-16-13)17-9-3-4-12(15)11(14)7-9/h3-4,7,10,13,17H,5-6,8H2,1-2H3. The zero-order valence-electron chi connectivity index (χ0n) is 10.7. The summed E-state index contributed by atoms with van der Waals surface area (Å²) in [6.07, 6.45) is 2.22. The Bertz CT molecular complexity index is 411. The number of halogens is 2. The highest BCUT2D eigenvalue weighted by atomic mass is 35.5. The zero-order chi connectivity index (χ0) is 13.1. The fourth-order valence-corrected chi connectivity index (χ4v) is 2.33. The lowest BCUT2D eigenvalue weighted by Gasteiger charge is -2.33.